The number of hydrogen-bond donors (Lipinski definition) is 1. The maximum absolute atomic E-state index is 10.0. The van der Waals surface area contributed by atoms with Crippen LogP contribution in [0.3, 0.4) is 0 Å². The second-order valence-electron chi connectivity index (χ2n) is 3.95. The fourth-order valence-corrected chi connectivity index (χ4v) is 2.75. The molecule has 0 amide bonds. The highest BCUT2D eigenvalue weighted by Crippen LogP contribution is 2.37. The monoisotopic (exact) mass is 302 g/mol. The fraction of sp³-hybridized carbons (Fsp3) is 0.500. The minimum Gasteiger partial charge on any atom is -0.490 e. The van der Waals surface area contributed by atoms with Crippen LogP contribution in [0, 0.1) is 0 Å². The van der Waals surface area contributed by atoms with Gasteiger partial charge in [-0.1, -0.05) is 22.0 Å². The number of aliphatic hydroxyl groups excluding tert-OH is 1. The second kappa shape index (κ2) is 5.43. The molecule has 0 saturated carbocycles. The van der Waals surface area contributed by atoms with E-state index in [1.807, 2.05) is 30.0 Å². The number of ether oxygens (including phenoxy) is 1. The molecule has 0 radical (unpaired) electrons. The molecule has 1 aliphatic rings. The Labute approximate surface area is 109 Å². The van der Waals surface area contributed by atoms with E-state index in [1.54, 1.807) is 0 Å². The predicted octanol–water partition coefficient (Wildman–Crippen LogP) is 3.39. The van der Waals surface area contributed by atoms with Gasteiger partial charge in [-0.05, 0) is 30.6 Å². The normalized spacial score (nSPS) is 23.7. The van der Waals surface area contributed by atoms with E-state index in [1.165, 1.54) is 0 Å². The smallest absolute Gasteiger partial charge is 0.126 e. The number of aliphatic hydroxyl groups is 1. The average molecular weight is 303 g/mol. The molecule has 88 valence electrons. The quantitative estimate of drug-likeness (QED) is 0.928. The van der Waals surface area contributed by atoms with E-state index in [-0.39, 0.29) is 12.2 Å². The Bertz CT molecular complexity index is 370. The fourth-order valence-electron chi connectivity index (χ4n) is 1.92. The van der Waals surface area contributed by atoms with Gasteiger partial charge in [0.1, 0.15) is 11.9 Å². The zero-order valence-corrected chi connectivity index (χ0v) is 11.6. The number of benzene rings is 1. The van der Waals surface area contributed by atoms with Crippen LogP contribution >= 0.6 is 27.7 Å². The van der Waals surface area contributed by atoms with Gasteiger partial charge in [0.25, 0.3) is 0 Å². The van der Waals surface area contributed by atoms with Crippen molar-refractivity contribution in [3.63, 3.8) is 0 Å². The molecule has 0 fully saturated rings. The summed E-state index contributed by atoms with van der Waals surface area (Å²) in [6, 6.07) is 5.80. The van der Waals surface area contributed by atoms with Crippen LogP contribution < -0.4 is 4.74 Å². The Morgan fingerprint density at radius 3 is 3.12 bits per heavy atom. The van der Waals surface area contributed by atoms with Crippen LogP contribution in [0.5, 0.6) is 5.75 Å². The Morgan fingerprint density at radius 1 is 1.56 bits per heavy atom. The molecule has 1 aromatic carbocycles. The molecule has 1 heterocycles. The van der Waals surface area contributed by atoms with Crippen molar-refractivity contribution < 1.29 is 9.84 Å². The van der Waals surface area contributed by atoms with Gasteiger partial charge in [0, 0.05) is 16.5 Å². The van der Waals surface area contributed by atoms with E-state index >= 15 is 0 Å². The lowest BCUT2D eigenvalue weighted by Gasteiger charge is -2.29. The first kappa shape index (κ1) is 12.3. The molecule has 16 heavy (non-hydrogen) atoms. The van der Waals surface area contributed by atoms with E-state index in [9.17, 15) is 5.11 Å². The second-order valence-corrected chi connectivity index (χ2v) is 5.86. The summed E-state index contributed by atoms with van der Waals surface area (Å²) >= 11 is 5.23. The van der Waals surface area contributed by atoms with E-state index in [4.69, 9.17) is 4.74 Å². The number of thioether (sulfide) groups is 1. The lowest BCUT2D eigenvalue weighted by atomic mass is 9.98. The molecule has 0 saturated heterocycles. The Balaban J connectivity index is 2.14. The van der Waals surface area contributed by atoms with E-state index in [0.29, 0.717) is 6.42 Å². The van der Waals surface area contributed by atoms with E-state index in [0.717, 1.165) is 28.0 Å². The van der Waals surface area contributed by atoms with Crippen molar-refractivity contribution in [1.82, 2.24) is 0 Å². The first-order chi connectivity index (χ1) is 7.70. The molecule has 1 N–H and O–H groups in total. The molecule has 1 aliphatic heterocycles. The minimum atomic E-state index is -0.385. The van der Waals surface area contributed by atoms with Crippen molar-refractivity contribution in [2.24, 2.45) is 0 Å². The Morgan fingerprint density at radius 2 is 2.38 bits per heavy atom. The van der Waals surface area contributed by atoms with Crippen LogP contribution in [0.15, 0.2) is 22.7 Å². The Kier molecular flexibility index (Phi) is 4.16. The standard InChI is InChI=1S/C12H15BrO2S/c1-16-5-4-9-7-11(14)10-3-2-8(13)6-12(10)15-9/h2-3,6,9,11,14H,4-5,7H2,1H3/t9?,11-/m0/s1. The molecule has 0 aromatic heterocycles. The minimum absolute atomic E-state index is 0.143. The maximum atomic E-state index is 10.0. The molecule has 2 atom stereocenters. The van der Waals surface area contributed by atoms with Crippen LogP contribution in [0.1, 0.15) is 24.5 Å². The molecular weight excluding hydrogens is 288 g/mol. The third kappa shape index (κ3) is 2.73. The van der Waals surface area contributed by atoms with Gasteiger partial charge in [-0.15, -0.1) is 0 Å². The molecular formula is C12H15BrO2S. The summed E-state index contributed by atoms with van der Waals surface area (Å²) in [5.41, 5.74) is 0.906. The highest BCUT2D eigenvalue weighted by Gasteiger charge is 2.26. The van der Waals surface area contributed by atoms with Crippen molar-refractivity contribution in [3.8, 4) is 5.75 Å². The highest BCUT2D eigenvalue weighted by molar-refractivity contribution is 9.10. The zero-order chi connectivity index (χ0) is 11.5. The van der Waals surface area contributed by atoms with Gasteiger partial charge in [0.05, 0.1) is 6.10 Å². The number of rotatable bonds is 3. The van der Waals surface area contributed by atoms with Crippen molar-refractivity contribution in [1.29, 1.82) is 0 Å². The molecule has 2 nitrogen and oxygen atoms in total. The summed E-state index contributed by atoms with van der Waals surface area (Å²) in [6.07, 6.45) is 3.54. The van der Waals surface area contributed by atoms with Crippen molar-refractivity contribution in [3.05, 3.63) is 28.2 Å². The van der Waals surface area contributed by atoms with Gasteiger partial charge >= 0.3 is 0 Å². The summed E-state index contributed by atoms with van der Waals surface area (Å²) in [6.45, 7) is 0. The van der Waals surface area contributed by atoms with Crippen LogP contribution in [-0.2, 0) is 0 Å². The van der Waals surface area contributed by atoms with Crippen molar-refractivity contribution in [2.75, 3.05) is 12.0 Å². The summed E-state index contributed by atoms with van der Waals surface area (Å²) < 4.78 is 6.87. The summed E-state index contributed by atoms with van der Waals surface area (Å²) in [7, 11) is 0. The number of fused-ring (bicyclic) bond motifs is 1. The molecule has 0 aliphatic carbocycles. The van der Waals surface area contributed by atoms with Crippen LogP contribution in [0.25, 0.3) is 0 Å². The predicted molar refractivity (Wildman–Crippen MR) is 71.1 cm³/mol. The molecule has 4 heteroatoms. The van der Waals surface area contributed by atoms with Crippen LogP contribution in [0.4, 0.5) is 0 Å². The first-order valence-electron chi connectivity index (χ1n) is 5.34. The first-order valence-corrected chi connectivity index (χ1v) is 7.52. The molecule has 0 spiro atoms. The van der Waals surface area contributed by atoms with E-state index < -0.39 is 0 Å². The maximum Gasteiger partial charge on any atom is 0.126 e. The van der Waals surface area contributed by atoms with Crippen LogP contribution in [-0.4, -0.2) is 23.2 Å². The van der Waals surface area contributed by atoms with Crippen LogP contribution in [0.2, 0.25) is 0 Å². The number of halogens is 1. The summed E-state index contributed by atoms with van der Waals surface area (Å²) in [5.74, 6) is 1.89. The SMILES string of the molecule is CSCCC1C[C@H](O)c2ccc(Br)cc2O1. The molecule has 1 aromatic rings. The Hall–Kier alpha value is -0.190. The van der Waals surface area contributed by atoms with Crippen molar-refractivity contribution in [2.45, 2.75) is 25.0 Å². The molecule has 0 bridgehead atoms. The van der Waals surface area contributed by atoms with E-state index in [2.05, 4.69) is 22.2 Å². The topological polar surface area (TPSA) is 29.5 Å². The molecule has 2 rings (SSSR count). The summed E-state index contributed by atoms with van der Waals surface area (Å²) in [5, 5.41) is 10.0. The van der Waals surface area contributed by atoms with Crippen molar-refractivity contribution >= 4 is 27.7 Å². The van der Waals surface area contributed by atoms with Gasteiger partial charge in [0.2, 0.25) is 0 Å². The van der Waals surface area contributed by atoms with Gasteiger partial charge in [-0.25, -0.2) is 0 Å². The summed E-state index contributed by atoms with van der Waals surface area (Å²) in [4.78, 5) is 0. The van der Waals surface area contributed by atoms with Gasteiger partial charge < -0.3 is 9.84 Å². The van der Waals surface area contributed by atoms with Gasteiger partial charge in [0.15, 0.2) is 0 Å². The zero-order valence-electron chi connectivity index (χ0n) is 9.15. The molecule has 1 unspecified atom stereocenters. The third-order valence-corrected chi connectivity index (χ3v) is 3.90. The van der Waals surface area contributed by atoms with Gasteiger partial charge in [-0.2, -0.15) is 11.8 Å². The number of hydrogen-bond acceptors (Lipinski definition) is 3. The highest BCUT2D eigenvalue weighted by atomic mass is 79.9. The lowest BCUT2D eigenvalue weighted by Crippen LogP contribution is -2.26. The van der Waals surface area contributed by atoms with Gasteiger partial charge in [-0.3, -0.25) is 0 Å². The largest absolute Gasteiger partial charge is 0.490 e. The average Bonchev–Trinajstić information content (AvgIpc) is 2.25. The lowest BCUT2D eigenvalue weighted by molar-refractivity contribution is 0.0648. The third-order valence-electron chi connectivity index (χ3n) is 2.76.